The van der Waals surface area contributed by atoms with Gasteiger partial charge in [0, 0.05) is 35.7 Å². The molecule has 30 heavy (non-hydrogen) atoms. The molecule has 0 amide bonds. The molecular formula is C22H29N3O4S. The van der Waals surface area contributed by atoms with Gasteiger partial charge in [-0.25, -0.2) is 8.42 Å². The molecule has 2 saturated heterocycles. The van der Waals surface area contributed by atoms with Gasteiger partial charge in [-0.15, -0.1) is 0 Å². The number of hydrogen-bond acceptors (Lipinski definition) is 5. The van der Waals surface area contributed by atoms with Crippen molar-refractivity contribution in [3.63, 3.8) is 0 Å². The van der Waals surface area contributed by atoms with Gasteiger partial charge in [-0.3, -0.25) is 9.69 Å². The molecule has 2 aromatic rings. The van der Waals surface area contributed by atoms with Crippen LogP contribution in [0.3, 0.4) is 0 Å². The first kappa shape index (κ1) is 21.2. The van der Waals surface area contributed by atoms with Gasteiger partial charge in [-0.05, 0) is 64.0 Å². The summed E-state index contributed by atoms with van der Waals surface area (Å²) < 4.78 is 34.8. The lowest BCUT2D eigenvalue weighted by Crippen LogP contribution is -2.40. The molecule has 8 heteroatoms. The molecule has 2 aliphatic rings. The van der Waals surface area contributed by atoms with Crippen LogP contribution in [-0.4, -0.2) is 73.9 Å². The number of ketones is 1. The number of nitrogens with zero attached hydrogens (tertiary/aromatic N) is 3. The fourth-order valence-electron chi connectivity index (χ4n) is 4.39. The molecule has 1 aromatic heterocycles. The normalized spacial score (nSPS) is 18.7. The van der Waals surface area contributed by atoms with Gasteiger partial charge < -0.3 is 9.30 Å². The zero-order valence-electron chi connectivity index (χ0n) is 17.6. The number of morpholine rings is 1. The maximum absolute atomic E-state index is 13.0. The SMILES string of the molecule is Cc1cc(C(=O)CN2CCCC2)c(C)n1-c1cccc(S(=O)(=O)N2CCOCC2)c1. The molecule has 1 aromatic carbocycles. The number of Topliss-reactive ketones (excluding diaryl/α,β-unsaturated/α-hetero) is 1. The van der Waals surface area contributed by atoms with E-state index in [1.165, 1.54) is 4.31 Å². The first-order valence-electron chi connectivity index (χ1n) is 10.5. The highest BCUT2D eigenvalue weighted by Gasteiger charge is 2.27. The molecule has 3 heterocycles. The van der Waals surface area contributed by atoms with Crippen molar-refractivity contribution >= 4 is 15.8 Å². The van der Waals surface area contributed by atoms with Crippen LogP contribution >= 0.6 is 0 Å². The van der Waals surface area contributed by atoms with E-state index in [0.29, 0.717) is 38.4 Å². The number of aromatic nitrogens is 1. The van der Waals surface area contributed by atoms with Crippen LogP contribution in [0.2, 0.25) is 0 Å². The second-order valence-corrected chi connectivity index (χ2v) is 9.98. The number of benzene rings is 1. The highest BCUT2D eigenvalue weighted by molar-refractivity contribution is 7.89. The van der Waals surface area contributed by atoms with Gasteiger partial charge >= 0.3 is 0 Å². The Balaban J connectivity index is 1.64. The van der Waals surface area contributed by atoms with Gasteiger partial charge in [0.25, 0.3) is 0 Å². The van der Waals surface area contributed by atoms with E-state index < -0.39 is 10.0 Å². The number of likely N-dealkylation sites (tertiary alicyclic amines) is 1. The summed E-state index contributed by atoms with van der Waals surface area (Å²) in [6, 6.07) is 8.87. The van der Waals surface area contributed by atoms with Gasteiger partial charge in [0.1, 0.15) is 0 Å². The van der Waals surface area contributed by atoms with Crippen LogP contribution in [0.1, 0.15) is 34.6 Å². The summed E-state index contributed by atoms with van der Waals surface area (Å²) in [5, 5.41) is 0. The Morgan fingerprint density at radius 1 is 1.03 bits per heavy atom. The molecule has 0 spiro atoms. The Morgan fingerprint density at radius 2 is 1.73 bits per heavy atom. The summed E-state index contributed by atoms with van der Waals surface area (Å²) in [5.74, 6) is 0.119. The molecule has 2 fully saturated rings. The Hall–Kier alpha value is -2.00. The summed E-state index contributed by atoms with van der Waals surface area (Å²) in [6.07, 6.45) is 2.30. The number of carbonyl (C=O) groups excluding carboxylic acids is 1. The summed E-state index contributed by atoms with van der Waals surface area (Å²) in [5.41, 5.74) is 3.22. The minimum atomic E-state index is -3.58. The highest BCUT2D eigenvalue weighted by atomic mass is 32.2. The number of ether oxygens (including phenoxy) is 1. The zero-order chi connectivity index (χ0) is 21.3. The Bertz CT molecular complexity index is 1030. The maximum atomic E-state index is 13.0. The van der Waals surface area contributed by atoms with Crippen molar-refractivity contribution in [3.05, 3.63) is 47.3 Å². The summed E-state index contributed by atoms with van der Waals surface area (Å²) in [7, 11) is -3.58. The lowest BCUT2D eigenvalue weighted by Gasteiger charge is -2.26. The van der Waals surface area contributed by atoms with Crippen molar-refractivity contribution in [2.45, 2.75) is 31.6 Å². The second kappa shape index (κ2) is 8.63. The molecule has 2 aliphatic heterocycles. The van der Waals surface area contributed by atoms with Crippen molar-refractivity contribution in [3.8, 4) is 5.69 Å². The van der Waals surface area contributed by atoms with Crippen LogP contribution in [0.5, 0.6) is 0 Å². The predicted octanol–water partition coefficient (Wildman–Crippen LogP) is 2.39. The first-order valence-corrected chi connectivity index (χ1v) is 11.9. The van der Waals surface area contributed by atoms with Crippen LogP contribution in [-0.2, 0) is 14.8 Å². The lowest BCUT2D eigenvalue weighted by atomic mass is 10.1. The fourth-order valence-corrected chi connectivity index (χ4v) is 5.84. The van der Waals surface area contributed by atoms with Crippen LogP contribution < -0.4 is 0 Å². The minimum Gasteiger partial charge on any atom is -0.379 e. The van der Waals surface area contributed by atoms with E-state index in [9.17, 15) is 13.2 Å². The molecule has 7 nitrogen and oxygen atoms in total. The molecule has 4 rings (SSSR count). The maximum Gasteiger partial charge on any atom is 0.243 e. The lowest BCUT2D eigenvalue weighted by molar-refractivity contribution is 0.0730. The molecular weight excluding hydrogens is 402 g/mol. The summed E-state index contributed by atoms with van der Waals surface area (Å²) >= 11 is 0. The molecule has 0 atom stereocenters. The number of carbonyl (C=O) groups is 1. The van der Waals surface area contributed by atoms with Crippen molar-refractivity contribution in [1.82, 2.24) is 13.8 Å². The standard InChI is InChI=1S/C22H29N3O4S/c1-17-14-21(22(26)16-23-8-3-4-9-23)18(2)25(17)19-6-5-7-20(15-19)30(27,28)24-10-12-29-13-11-24/h5-7,14-15H,3-4,8-13,16H2,1-2H3. The quantitative estimate of drug-likeness (QED) is 0.657. The van der Waals surface area contributed by atoms with Gasteiger partial charge in [-0.1, -0.05) is 6.07 Å². The van der Waals surface area contributed by atoms with Crippen LogP contribution in [0, 0.1) is 13.8 Å². The third-order valence-electron chi connectivity index (χ3n) is 5.98. The molecule has 162 valence electrons. The van der Waals surface area contributed by atoms with Crippen molar-refractivity contribution in [1.29, 1.82) is 0 Å². The Labute approximate surface area is 178 Å². The topological polar surface area (TPSA) is 71.9 Å². The average molecular weight is 432 g/mol. The zero-order valence-corrected chi connectivity index (χ0v) is 18.5. The van der Waals surface area contributed by atoms with Gasteiger partial charge in [0.15, 0.2) is 5.78 Å². The van der Waals surface area contributed by atoms with Crippen LogP contribution in [0.25, 0.3) is 5.69 Å². The van der Waals surface area contributed by atoms with Crippen molar-refractivity contribution in [2.75, 3.05) is 45.9 Å². The predicted molar refractivity (Wildman–Crippen MR) is 115 cm³/mol. The van der Waals surface area contributed by atoms with E-state index in [2.05, 4.69) is 4.90 Å². The van der Waals surface area contributed by atoms with Crippen molar-refractivity contribution in [2.24, 2.45) is 0 Å². The number of aryl methyl sites for hydroxylation is 1. The van der Waals surface area contributed by atoms with E-state index in [0.717, 1.165) is 43.0 Å². The largest absolute Gasteiger partial charge is 0.379 e. The molecule has 0 unspecified atom stereocenters. The summed E-state index contributed by atoms with van der Waals surface area (Å²) in [4.78, 5) is 15.3. The van der Waals surface area contributed by atoms with Crippen LogP contribution in [0.15, 0.2) is 35.2 Å². The highest BCUT2D eigenvalue weighted by Crippen LogP contribution is 2.25. The smallest absolute Gasteiger partial charge is 0.243 e. The van der Waals surface area contributed by atoms with Gasteiger partial charge in [0.2, 0.25) is 10.0 Å². The second-order valence-electron chi connectivity index (χ2n) is 8.04. The third kappa shape index (κ3) is 4.09. The summed E-state index contributed by atoms with van der Waals surface area (Å²) in [6.45, 7) is 7.82. The monoisotopic (exact) mass is 431 g/mol. The molecule has 0 saturated carbocycles. The van der Waals surface area contributed by atoms with Gasteiger partial charge in [-0.2, -0.15) is 4.31 Å². The molecule has 0 bridgehead atoms. The Morgan fingerprint density at radius 3 is 2.43 bits per heavy atom. The van der Waals surface area contributed by atoms with Gasteiger partial charge in [0.05, 0.1) is 24.7 Å². The van der Waals surface area contributed by atoms with E-state index in [4.69, 9.17) is 4.74 Å². The van der Waals surface area contributed by atoms with E-state index in [1.54, 1.807) is 18.2 Å². The third-order valence-corrected chi connectivity index (χ3v) is 7.88. The molecule has 0 aliphatic carbocycles. The number of rotatable bonds is 6. The number of hydrogen-bond donors (Lipinski definition) is 0. The Kier molecular flexibility index (Phi) is 6.11. The van der Waals surface area contributed by atoms with Crippen molar-refractivity contribution < 1.29 is 17.9 Å². The molecule has 0 N–H and O–H groups in total. The van der Waals surface area contributed by atoms with E-state index >= 15 is 0 Å². The number of sulfonamides is 1. The average Bonchev–Trinajstić information content (AvgIpc) is 3.36. The van der Waals surface area contributed by atoms with E-state index in [-0.39, 0.29) is 10.7 Å². The molecule has 0 radical (unpaired) electrons. The van der Waals surface area contributed by atoms with E-state index in [1.807, 2.05) is 30.5 Å². The minimum absolute atomic E-state index is 0.119. The van der Waals surface area contributed by atoms with Crippen LogP contribution in [0.4, 0.5) is 0 Å². The first-order chi connectivity index (χ1) is 14.4. The fraction of sp³-hybridized carbons (Fsp3) is 0.500.